The smallest absolute Gasteiger partial charge is 0.165 e. The topological polar surface area (TPSA) is 34.1 Å². The van der Waals surface area contributed by atoms with Crippen molar-refractivity contribution in [3.8, 4) is 5.75 Å². The summed E-state index contributed by atoms with van der Waals surface area (Å²) < 4.78 is 19.4. The third-order valence-electron chi connectivity index (χ3n) is 3.29. The summed E-state index contributed by atoms with van der Waals surface area (Å²) >= 11 is 0. The molecule has 0 unspecified atom stereocenters. The van der Waals surface area contributed by atoms with E-state index in [1.165, 1.54) is 18.9 Å². The maximum Gasteiger partial charge on any atom is 0.165 e. The second kappa shape index (κ2) is 6.01. The molecule has 1 aliphatic carbocycles. The molecule has 1 aromatic heterocycles. The molecule has 1 heterocycles. The quantitative estimate of drug-likeness (QED) is 0.877. The van der Waals surface area contributed by atoms with Crippen LogP contribution in [0, 0.1) is 5.82 Å². The van der Waals surface area contributed by atoms with Crippen molar-refractivity contribution >= 4 is 0 Å². The highest BCUT2D eigenvalue weighted by atomic mass is 19.1. The molecule has 0 radical (unpaired) electrons. The van der Waals surface area contributed by atoms with Gasteiger partial charge in [-0.15, -0.1) is 0 Å². The van der Waals surface area contributed by atoms with Gasteiger partial charge in [-0.05, 0) is 36.6 Å². The summed E-state index contributed by atoms with van der Waals surface area (Å²) in [6, 6.07) is 9.49. The molecule has 0 amide bonds. The van der Waals surface area contributed by atoms with Crippen LogP contribution in [0.2, 0.25) is 0 Å². The minimum atomic E-state index is -0.316. The Morgan fingerprint density at radius 2 is 2.15 bits per heavy atom. The molecule has 3 nitrogen and oxygen atoms in total. The number of rotatable bonds is 6. The number of hydrogen-bond acceptors (Lipinski definition) is 3. The molecule has 0 spiro atoms. The van der Waals surface area contributed by atoms with Gasteiger partial charge in [0.2, 0.25) is 0 Å². The number of pyridine rings is 1. The number of nitrogens with one attached hydrogen (secondary N) is 1. The van der Waals surface area contributed by atoms with E-state index in [-0.39, 0.29) is 11.6 Å². The third kappa shape index (κ3) is 3.54. The molecule has 0 atom stereocenters. The molecule has 4 heteroatoms. The predicted octanol–water partition coefficient (Wildman–Crippen LogP) is 3.05. The van der Waals surface area contributed by atoms with Crippen LogP contribution in [0.4, 0.5) is 4.39 Å². The van der Waals surface area contributed by atoms with Gasteiger partial charge in [0.15, 0.2) is 11.6 Å². The fourth-order valence-electron chi connectivity index (χ4n) is 1.97. The monoisotopic (exact) mass is 272 g/mol. The largest absolute Gasteiger partial charge is 0.486 e. The lowest BCUT2D eigenvalue weighted by atomic mass is 10.2. The zero-order valence-corrected chi connectivity index (χ0v) is 11.2. The minimum absolute atomic E-state index is 0.282. The number of aromatic nitrogens is 1. The lowest BCUT2D eigenvalue weighted by molar-refractivity contribution is 0.289. The number of halogens is 1. The molecule has 1 fully saturated rings. The second-order valence-electron chi connectivity index (χ2n) is 5.07. The number of hydrogen-bond donors (Lipinski definition) is 1. The van der Waals surface area contributed by atoms with E-state index in [9.17, 15) is 4.39 Å². The lowest BCUT2D eigenvalue weighted by Crippen LogP contribution is -2.15. The molecular formula is C16H17FN2O. The summed E-state index contributed by atoms with van der Waals surface area (Å²) in [5.74, 6) is -0.0342. The Morgan fingerprint density at radius 1 is 1.25 bits per heavy atom. The van der Waals surface area contributed by atoms with E-state index in [1.54, 1.807) is 18.5 Å². The average molecular weight is 272 g/mol. The molecule has 1 N–H and O–H groups in total. The molecule has 2 aromatic rings. The van der Waals surface area contributed by atoms with E-state index in [2.05, 4.69) is 10.3 Å². The van der Waals surface area contributed by atoms with Crippen LogP contribution < -0.4 is 10.1 Å². The van der Waals surface area contributed by atoms with Crippen molar-refractivity contribution < 1.29 is 9.13 Å². The molecule has 0 aliphatic heterocycles. The van der Waals surface area contributed by atoms with E-state index < -0.39 is 0 Å². The molecule has 1 aliphatic rings. The number of benzene rings is 1. The van der Waals surface area contributed by atoms with Crippen LogP contribution >= 0.6 is 0 Å². The molecule has 3 rings (SSSR count). The zero-order chi connectivity index (χ0) is 13.8. The number of nitrogens with zero attached hydrogens (tertiary/aromatic N) is 1. The Labute approximate surface area is 117 Å². The maximum absolute atomic E-state index is 13.9. The van der Waals surface area contributed by atoms with Gasteiger partial charge in [0.1, 0.15) is 6.61 Å². The summed E-state index contributed by atoms with van der Waals surface area (Å²) in [6.45, 7) is 1.04. The summed E-state index contributed by atoms with van der Waals surface area (Å²) in [5.41, 5.74) is 1.87. The molecule has 1 saturated carbocycles. The van der Waals surface area contributed by atoms with Crippen molar-refractivity contribution in [1.82, 2.24) is 10.3 Å². The van der Waals surface area contributed by atoms with Gasteiger partial charge in [-0.3, -0.25) is 4.98 Å². The Hall–Kier alpha value is -1.94. The van der Waals surface area contributed by atoms with Crippen LogP contribution in [-0.2, 0) is 13.2 Å². The fourth-order valence-corrected chi connectivity index (χ4v) is 1.97. The highest BCUT2D eigenvalue weighted by Crippen LogP contribution is 2.22. The van der Waals surface area contributed by atoms with Gasteiger partial charge in [-0.1, -0.05) is 12.1 Å². The van der Waals surface area contributed by atoms with Crippen LogP contribution in [0.5, 0.6) is 5.75 Å². The van der Waals surface area contributed by atoms with Gasteiger partial charge in [0, 0.05) is 30.5 Å². The summed E-state index contributed by atoms with van der Waals surface area (Å²) in [4.78, 5) is 4.00. The fraction of sp³-hybridized carbons (Fsp3) is 0.312. The van der Waals surface area contributed by atoms with Gasteiger partial charge in [0.05, 0.1) is 0 Å². The first-order chi connectivity index (χ1) is 9.81. The molecule has 0 bridgehead atoms. The van der Waals surface area contributed by atoms with Crippen LogP contribution in [0.3, 0.4) is 0 Å². The van der Waals surface area contributed by atoms with Crippen molar-refractivity contribution in [2.75, 3.05) is 0 Å². The predicted molar refractivity (Wildman–Crippen MR) is 74.8 cm³/mol. The highest BCUT2D eigenvalue weighted by Gasteiger charge is 2.20. The van der Waals surface area contributed by atoms with Crippen LogP contribution in [-0.4, -0.2) is 11.0 Å². The van der Waals surface area contributed by atoms with Crippen molar-refractivity contribution in [3.05, 3.63) is 59.7 Å². The van der Waals surface area contributed by atoms with Gasteiger partial charge < -0.3 is 10.1 Å². The van der Waals surface area contributed by atoms with Crippen LogP contribution in [0.1, 0.15) is 24.0 Å². The second-order valence-corrected chi connectivity index (χ2v) is 5.07. The Balaban J connectivity index is 1.58. The highest BCUT2D eigenvalue weighted by molar-refractivity contribution is 5.29. The van der Waals surface area contributed by atoms with E-state index in [1.807, 2.05) is 18.2 Å². The van der Waals surface area contributed by atoms with Gasteiger partial charge in [-0.2, -0.15) is 0 Å². The molecule has 0 saturated heterocycles. The summed E-state index contributed by atoms with van der Waals surface area (Å²) in [6.07, 6.45) is 5.88. The SMILES string of the molecule is Fc1cc(CNC2CC2)ccc1OCc1cccnc1. The lowest BCUT2D eigenvalue weighted by Gasteiger charge is -2.09. The van der Waals surface area contributed by atoms with Crippen molar-refractivity contribution in [2.45, 2.75) is 32.0 Å². The molecule has 20 heavy (non-hydrogen) atoms. The Bertz CT molecular complexity index is 570. The first-order valence-corrected chi connectivity index (χ1v) is 6.85. The van der Waals surface area contributed by atoms with E-state index in [4.69, 9.17) is 4.74 Å². The normalized spacial score (nSPS) is 14.2. The maximum atomic E-state index is 13.9. The van der Waals surface area contributed by atoms with Gasteiger partial charge >= 0.3 is 0 Å². The van der Waals surface area contributed by atoms with Crippen LogP contribution in [0.15, 0.2) is 42.7 Å². The minimum Gasteiger partial charge on any atom is -0.486 e. The number of ether oxygens (including phenoxy) is 1. The Kier molecular flexibility index (Phi) is 3.92. The van der Waals surface area contributed by atoms with Crippen molar-refractivity contribution in [2.24, 2.45) is 0 Å². The molecular weight excluding hydrogens is 255 g/mol. The third-order valence-corrected chi connectivity index (χ3v) is 3.29. The Morgan fingerprint density at radius 3 is 2.85 bits per heavy atom. The van der Waals surface area contributed by atoms with E-state index in [0.29, 0.717) is 19.2 Å². The average Bonchev–Trinajstić information content (AvgIpc) is 3.29. The summed E-state index contributed by atoms with van der Waals surface area (Å²) in [5, 5.41) is 3.36. The van der Waals surface area contributed by atoms with E-state index >= 15 is 0 Å². The van der Waals surface area contributed by atoms with Crippen molar-refractivity contribution in [1.29, 1.82) is 0 Å². The first-order valence-electron chi connectivity index (χ1n) is 6.85. The molecule has 1 aromatic carbocycles. The summed E-state index contributed by atoms with van der Waals surface area (Å²) in [7, 11) is 0. The van der Waals surface area contributed by atoms with E-state index in [0.717, 1.165) is 11.1 Å². The molecule has 104 valence electrons. The van der Waals surface area contributed by atoms with Gasteiger partial charge in [-0.25, -0.2) is 4.39 Å². The standard InChI is InChI=1S/C16H17FN2O/c17-15-8-12(10-19-14-4-5-14)3-6-16(15)20-11-13-2-1-7-18-9-13/h1-3,6-9,14,19H,4-5,10-11H2. The first kappa shape index (κ1) is 13.1. The van der Waals surface area contributed by atoms with Crippen LogP contribution in [0.25, 0.3) is 0 Å². The van der Waals surface area contributed by atoms with Crippen molar-refractivity contribution in [3.63, 3.8) is 0 Å². The van der Waals surface area contributed by atoms with Gasteiger partial charge in [0.25, 0.3) is 0 Å². The zero-order valence-electron chi connectivity index (χ0n) is 11.2.